The quantitative estimate of drug-likeness (QED) is 0.408. The minimum atomic E-state index is -1.00. The summed E-state index contributed by atoms with van der Waals surface area (Å²) in [5, 5.41) is 16.4. The van der Waals surface area contributed by atoms with Gasteiger partial charge in [-0.05, 0) is 67.6 Å². The predicted octanol–water partition coefficient (Wildman–Crippen LogP) is 4.48. The van der Waals surface area contributed by atoms with Crippen molar-refractivity contribution in [2.75, 3.05) is 23.8 Å². The van der Waals surface area contributed by atoms with Crippen LogP contribution in [0.15, 0.2) is 60.7 Å². The number of carbonyl (C=O) groups excluding carboxylic acids is 2. The Morgan fingerprint density at radius 2 is 1.33 bits per heavy atom. The Balaban J connectivity index is 1.57. The molecule has 0 fully saturated rings. The third-order valence-corrected chi connectivity index (χ3v) is 4.73. The van der Waals surface area contributed by atoms with Crippen LogP contribution >= 0.6 is 23.2 Å². The van der Waals surface area contributed by atoms with Crippen LogP contribution in [0.4, 0.5) is 11.5 Å². The van der Waals surface area contributed by atoms with E-state index in [0.717, 1.165) is 0 Å². The number of aliphatic hydroxyl groups excluding tert-OH is 1. The summed E-state index contributed by atoms with van der Waals surface area (Å²) in [5.41, 5.74) is 0.483. The fraction of sp³-hybridized carbons (Fsp3) is 0.174. The van der Waals surface area contributed by atoms with Crippen molar-refractivity contribution < 1.29 is 24.2 Å². The van der Waals surface area contributed by atoms with Gasteiger partial charge in [0.1, 0.15) is 17.3 Å². The highest BCUT2D eigenvalue weighted by atomic mass is 35.5. The molecule has 0 radical (unpaired) electrons. The lowest BCUT2D eigenvalue weighted by Gasteiger charge is -2.15. The van der Waals surface area contributed by atoms with E-state index in [1.165, 1.54) is 19.1 Å². The lowest BCUT2D eigenvalue weighted by Crippen LogP contribution is -2.23. The second-order valence-electron chi connectivity index (χ2n) is 6.89. The number of amides is 2. The summed E-state index contributed by atoms with van der Waals surface area (Å²) in [7, 11) is 0. The highest BCUT2D eigenvalue weighted by molar-refractivity contribution is 6.30. The highest BCUT2D eigenvalue weighted by Gasteiger charge is 2.15. The van der Waals surface area contributed by atoms with Gasteiger partial charge in [-0.25, -0.2) is 4.98 Å². The molecule has 172 valence electrons. The number of hydrogen-bond donors (Lipinski definition) is 3. The number of ether oxygens (including phenoxy) is 2. The number of aliphatic hydroxyl groups is 1. The molecule has 0 saturated carbocycles. The molecular weight excluding hydrogens is 469 g/mol. The van der Waals surface area contributed by atoms with E-state index in [1.54, 1.807) is 48.5 Å². The largest absolute Gasteiger partial charge is 0.484 e. The van der Waals surface area contributed by atoms with E-state index < -0.39 is 17.9 Å². The average molecular weight is 490 g/mol. The monoisotopic (exact) mass is 489 g/mol. The molecule has 2 aromatic carbocycles. The van der Waals surface area contributed by atoms with Gasteiger partial charge in [0.15, 0.2) is 13.2 Å². The van der Waals surface area contributed by atoms with Gasteiger partial charge in [-0.3, -0.25) is 9.59 Å². The van der Waals surface area contributed by atoms with Crippen molar-refractivity contribution in [2.45, 2.75) is 13.0 Å². The number of hydrogen-bond acceptors (Lipinski definition) is 6. The molecule has 0 bridgehead atoms. The first-order valence-electron chi connectivity index (χ1n) is 9.85. The fourth-order valence-corrected chi connectivity index (χ4v) is 2.95. The van der Waals surface area contributed by atoms with Crippen LogP contribution in [0, 0.1) is 0 Å². The smallest absolute Gasteiger partial charge is 0.263 e. The number of anilines is 2. The van der Waals surface area contributed by atoms with E-state index >= 15 is 0 Å². The number of carbonyl (C=O) groups is 2. The molecule has 1 unspecified atom stereocenters. The van der Waals surface area contributed by atoms with Crippen LogP contribution in [0.3, 0.4) is 0 Å². The van der Waals surface area contributed by atoms with Crippen LogP contribution in [0.5, 0.6) is 11.5 Å². The third kappa shape index (κ3) is 7.64. The lowest BCUT2D eigenvalue weighted by atomic mass is 10.2. The summed E-state index contributed by atoms with van der Waals surface area (Å²) in [5.74, 6) is 0.295. The molecule has 33 heavy (non-hydrogen) atoms. The first-order chi connectivity index (χ1) is 15.8. The number of rotatable bonds is 9. The Hall–Kier alpha value is -3.33. The Kier molecular flexibility index (Phi) is 8.48. The standard InChI is InChI=1S/C23H21Cl2N3O5/c1-14(29)23-19(26-21(30)12-32-17-6-2-15(24)3-7-17)10-11-20(28-23)27-22(31)13-33-18-8-4-16(25)5-9-18/h2-11,14,29H,12-13H2,1H3,(H,26,30)(H,27,28,31). The summed E-state index contributed by atoms with van der Waals surface area (Å²) in [6, 6.07) is 16.2. The summed E-state index contributed by atoms with van der Waals surface area (Å²) in [6.45, 7) is 1.01. The van der Waals surface area contributed by atoms with Gasteiger partial charge in [-0.1, -0.05) is 23.2 Å². The number of aromatic nitrogens is 1. The van der Waals surface area contributed by atoms with E-state index in [9.17, 15) is 14.7 Å². The minimum absolute atomic E-state index is 0.186. The second-order valence-corrected chi connectivity index (χ2v) is 7.76. The molecule has 2 amide bonds. The predicted molar refractivity (Wildman–Crippen MR) is 126 cm³/mol. The maximum absolute atomic E-state index is 12.3. The molecule has 1 aromatic heterocycles. The zero-order valence-corrected chi connectivity index (χ0v) is 19.1. The van der Waals surface area contributed by atoms with E-state index in [-0.39, 0.29) is 24.7 Å². The van der Waals surface area contributed by atoms with Crippen molar-refractivity contribution in [1.82, 2.24) is 4.98 Å². The van der Waals surface area contributed by atoms with Crippen LogP contribution in [-0.2, 0) is 9.59 Å². The van der Waals surface area contributed by atoms with Crippen molar-refractivity contribution in [3.05, 3.63) is 76.4 Å². The highest BCUT2D eigenvalue weighted by Crippen LogP contribution is 2.23. The fourth-order valence-electron chi connectivity index (χ4n) is 2.69. The van der Waals surface area contributed by atoms with Gasteiger partial charge in [0.05, 0.1) is 17.5 Å². The summed E-state index contributed by atoms with van der Waals surface area (Å²) >= 11 is 11.6. The van der Waals surface area contributed by atoms with E-state index in [0.29, 0.717) is 27.2 Å². The van der Waals surface area contributed by atoms with Crippen LogP contribution in [0.1, 0.15) is 18.7 Å². The summed E-state index contributed by atoms with van der Waals surface area (Å²) in [4.78, 5) is 28.7. The van der Waals surface area contributed by atoms with Crippen molar-refractivity contribution in [3.63, 3.8) is 0 Å². The van der Waals surface area contributed by atoms with Crippen LogP contribution in [0.2, 0.25) is 10.0 Å². The number of nitrogens with zero attached hydrogens (tertiary/aromatic N) is 1. The van der Waals surface area contributed by atoms with E-state index in [4.69, 9.17) is 32.7 Å². The number of benzene rings is 2. The molecule has 0 aliphatic carbocycles. The maximum atomic E-state index is 12.3. The molecule has 8 nitrogen and oxygen atoms in total. The normalized spacial score (nSPS) is 11.4. The van der Waals surface area contributed by atoms with Gasteiger partial charge in [-0.2, -0.15) is 0 Å². The molecule has 1 heterocycles. The molecule has 0 spiro atoms. The molecule has 0 saturated heterocycles. The first-order valence-corrected chi connectivity index (χ1v) is 10.6. The van der Waals surface area contributed by atoms with Crippen molar-refractivity contribution in [2.24, 2.45) is 0 Å². The third-order valence-electron chi connectivity index (χ3n) is 4.23. The van der Waals surface area contributed by atoms with Crippen LogP contribution in [-0.4, -0.2) is 35.1 Å². The van der Waals surface area contributed by atoms with Gasteiger partial charge in [0.2, 0.25) is 0 Å². The zero-order valence-electron chi connectivity index (χ0n) is 17.5. The lowest BCUT2D eigenvalue weighted by molar-refractivity contribution is -0.118. The maximum Gasteiger partial charge on any atom is 0.263 e. The Morgan fingerprint density at radius 1 is 0.848 bits per heavy atom. The number of pyridine rings is 1. The first kappa shape index (κ1) is 24.3. The number of nitrogens with one attached hydrogen (secondary N) is 2. The Labute approximate surface area is 200 Å². The molecule has 1 atom stereocenters. The molecule has 3 rings (SSSR count). The Bertz CT molecular complexity index is 1110. The summed E-state index contributed by atoms with van der Waals surface area (Å²) in [6.07, 6.45) is -1.00. The topological polar surface area (TPSA) is 110 Å². The Morgan fingerprint density at radius 3 is 1.82 bits per heavy atom. The second kappa shape index (κ2) is 11.5. The van der Waals surface area contributed by atoms with Gasteiger partial charge in [-0.15, -0.1) is 0 Å². The molecule has 0 aliphatic heterocycles. The minimum Gasteiger partial charge on any atom is -0.484 e. The van der Waals surface area contributed by atoms with Gasteiger partial charge in [0.25, 0.3) is 11.8 Å². The number of halogens is 2. The van der Waals surface area contributed by atoms with Crippen LogP contribution < -0.4 is 20.1 Å². The average Bonchev–Trinajstić information content (AvgIpc) is 2.79. The zero-order chi connectivity index (χ0) is 23.8. The van der Waals surface area contributed by atoms with Gasteiger partial charge in [0, 0.05) is 10.0 Å². The van der Waals surface area contributed by atoms with Crippen LogP contribution in [0.25, 0.3) is 0 Å². The van der Waals surface area contributed by atoms with Gasteiger partial charge >= 0.3 is 0 Å². The molecular formula is C23H21Cl2N3O5. The van der Waals surface area contributed by atoms with Crippen molar-refractivity contribution in [1.29, 1.82) is 0 Å². The van der Waals surface area contributed by atoms with Crippen molar-refractivity contribution >= 4 is 46.5 Å². The van der Waals surface area contributed by atoms with E-state index in [2.05, 4.69) is 15.6 Å². The molecule has 10 heteroatoms. The van der Waals surface area contributed by atoms with E-state index in [1.807, 2.05) is 0 Å². The molecule has 0 aliphatic rings. The molecule has 3 aromatic rings. The van der Waals surface area contributed by atoms with Gasteiger partial charge < -0.3 is 25.2 Å². The summed E-state index contributed by atoms with van der Waals surface area (Å²) < 4.78 is 10.8. The van der Waals surface area contributed by atoms with Crippen molar-refractivity contribution in [3.8, 4) is 11.5 Å². The molecule has 3 N–H and O–H groups in total. The SMILES string of the molecule is CC(O)c1nc(NC(=O)COc2ccc(Cl)cc2)ccc1NC(=O)COc1ccc(Cl)cc1.